The molecule has 1 atom stereocenters. The van der Waals surface area contributed by atoms with E-state index >= 15 is 0 Å². The number of hydrogen-bond donors (Lipinski definition) is 0. The summed E-state index contributed by atoms with van der Waals surface area (Å²) in [6, 6.07) is -0.341. The smallest absolute Gasteiger partial charge is 0.430 e. The molecule has 2 heterocycles. The molecule has 0 saturated heterocycles. The van der Waals surface area contributed by atoms with E-state index in [1.807, 2.05) is 6.08 Å². The second kappa shape index (κ2) is 4.31. The Morgan fingerprint density at radius 3 is 2.82 bits per heavy atom. The highest BCUT2D eigenvalue weighted by Crippen LogP contribution is 2.26. The maximum atomic E-state index is 11.9. The highest BCUT2D eigenvalue weighted by Gasteiger charge is 2.48. The third kappa shape index (κ3) is 1.85. The van der Waals surface area contributed by atoms with Crippen LogP contribution in [0, 0.1) is 5.92 Å². The van der Waals surface area contributed by atoms with E-state index in [0.29, 0.717) is 5.90 Å². The lowest BCUT2D eigenvalue weighted by Crippen LogP contribution is -2.50. The molecular weight excluding hydrogens is 220 g/mol. The van der Waals surface area contributed by atoms with Crippen LogP contribution in [0.25, 0.3) is 0 Å². The second-order valence-corrected chi connectivity index (χ2v) is 4.39. The normalized spacial score (nSPS) is 23.8. The number of imide groups is 1. The number of carbonyl (C=O) groups excluding carboxylic acids is 2. The first-order chi connectivity index (χ1) is 8.06. The summed E-state index contributed by atoms with van der Waals surface area (Å²) in [6.45, 7) is 2.10. The van der Waals surface area contributed by atoms with Crippen LogP contribution in [0.2, 0.25) is 0 Å². The Morgan fingerprint density at radius 2 is 2.18 bits per heavy atom. The van der Waals surface area contributed by atoms with Crippen LogP contribution < -0.4 is 0 Å². The summed E-state index contributed by atoms with van der Waals surface area (Å²) in [4.78, 5) is 24.8. The van der Waals surface area contributed by atoms with Crippen molar-refractivity contribution >= 4 is 17.8 Å². The second-order valence-electron chi connectivity index (χ2n) is 4.39. The number of ether oxygens (including phenoxy) is 1. The molecule has 0 fully saturated rings. The van der Waals surface area contributed by atoms with Crippen LogP contribution >= 0.6 is 0 Å². The van der Waals surface area contributed by atoms with Crippen molar-refractivity contribution in [1.29, 1.82) is 0 Å². The number of rotatable bonds is 3. The van der Waals surface area contributed by atoms with E-state index in [9.17, 15) is 9.59 Å². The minimum atomic E-state index is -0.422. The Bertz CT molecular complexity index is 437. The highest BCUT2D eigenvalue weighted by atomic mass is 16.5. The standard InChI is InChI=1S/C12H17N2O3/c1-4-5-6-8-7-9-10(15)13(2)12(16)14(3)11(9)17-8/h7,9H,4-6H2,1-3H3/q+1. The van der Waals surface area contributed by atoms with Crippen molar-refractivity contribution in [3.63, 3.8) is 0 Å². The van der Waals surface area contributed by atoms with Gasteiger partial charge in [0.05, 0.1) is 14.1 Å². The third-order valence-corrected chi connectivity index (χ3v) is 3.13. The molecule has 17 heavy (non-hydrogen) atoms. The van der Waals surface area contributed by atoms with Crippen molar-refractivity contribution in [2.75, 3.05) is 14.1 Å². The molecule has 0 bridgehead atoms. The fourth-order valence-corrected chi connectivity index (χ4v) is 2.05. The average Bonchev–Trinajstić information content (AvgIpc) is 2.75. The molecule has 0 aromatic carbocycles. The molecule has 0 saturated carbocycles. The molecule has 0 radical (unpaired) electrons. The van der Waals surface area contributed by atoms with E-state index in [1.54, 1.807) is 7.05 Å². The first-order valence-corrected chi connectivity index (χ1v) is 5.87. The molecule has 5 nitrogen and oxygen atoms in total. The summed E-state index contributed by atoms with van der Waals surface area (Å²) in [7, 11) is 3.13. The van der Waals surface area contributed by atoms with Crippen molar-refractivity contribution in [3.05, 3.63) is 11.8 Å². The van der Waals surface area contributed by atoms with Crippen LogP contribution in [-0.2, 0) is 9.53 Å². The predicted molar refractivity (Wildman–Crippen MR) is 61.5 cm³/mol. The number of carbonyl (C=O) groups is 2. The predicted octanol–water partition coefficient (Wildman–Crippen LogP) is 1.34. The number of amides is 3. The van der Waals surface area contributed by atoms with Crippen LogP contribution in [0.15, 0.2) is 11.8 Å². The van der Waals surface area contributed by atoms with Crippen LogP contribution in [0.4, 0.5) is 4.79 Å². The molecule has 0 N–H and O–H groups in total. The number of hydrogen-bond acceptors (Lipinski definition) is 3. The van der Waals surface area contributed by atoms with Crippen molar-refractivity contribution in [3.8, 4) is 0 Å². The number of nitrogens with zero attached hydrogens (tertiary/aromatic N) is 2. The zero-order chi connectivity index (χ0) is 12.6. The molecule has 3 amide bonds. The van der Waals surface area contributed by atoms with Gasteiger partial charge < -0.3 is 4.74 Å². The lowest BCUT2D eigenvalue weighted by molar-refractivity contribution is -0.416. The van der Waals surface area contributed by atoms with Gasteiger partial charge in [-0.15, -0.1) is 0 Å². The summed E-state index contributed by atoms with van der Waals surface area (Å²) in [6.07, 6.45) is 4.74. The zero-order valence-electron chi connectivity index (χ0n) is 10.4. The van der Waals surface area contributed by atoms with Gasteiger partial charge >= 0.3 is 11.9 Å². The third-order valence-electron chi connectivity index (χ3n) is 3.13. The van der Waals surface area contributed by atoms with Gasteiger partial charge in [0.25, 0.3) is 5.90 Å². The molecule has 2 aliphatic rings. The van der Waals surface area contributed by atoms with Gasteiger partial charge in [-0.2, -0.15) is 14.3 Å². The van der Waals surface area contributed by atoms with Gasteiger partial charge in [-0.1, -0.05) is 13.3 Å². The summed E-state index contributed by atoms with van der Waals surface area (Å²) < 4.78 is 7.01. The first-order valence-electron chi connectivity index (χ1n) is 5.87. The van der Waals surface area contributed by atoms with Crippen molar-refractivity contribution in [2.45, 2.75) is 26.2 Å². The van der Waals surface area contributed by atoms with Crippen molar-refractivity contribution in [1.82, 2.24) is 4.90 Å². The van der Waals surface area contributed by atoms with E-state index in [-0.39, 0.29) is 11.9 Å². The molecule has 2 aliphatic heterocycles. The van der Waals surface area contributed by atoms with Crippen LogP contribution in [0.3, 0.4) is 0 Å². The molecule has 5 heteroatoms. The molecule has 0 aliphatic carbocycles. The van der Waals surface area contributed by atoms with Gasteiger partial charge in [0.1, 0.15) is 5.76 Å². The SMILES string of the molecule is CCCCC1=CC2C(=O)N(C)C(=O)[N+](C)=C2O1. The summed E-state index contributed by atoms with van der Waals surface area (Å²) in [5.41, 5.74) is 0. The average molecular weight is 237 g/mol. The largest absolute Gasteiger partial charge is 0.502 e. The Kier molecular flexibility index (Phi) is 3.00. The number of fused-ring (bicyclic) bond motifs is 1. The van der Waals surface area contributed by atoms with Crippen molar-refractivity contribution in [2.24, 2.45) is 5.92 Å². The summed E-state index contributed by atoms with van der Waals surface area (Å²) >= 11 is 0. The van der Waals surface area contributed by atoms with E-state index in [2.05, 4.69) is 6.92 Å². The lowest BCUT2D eigenvalue weighted by atomic mass is 10.1. The van der Waals surface area contributed by atoms with E-state index < -0.39 is 5.92 Å². The number of allylic oxidation sites excluding steroid dienone is 1. The van der Waals surface area contributed by atoms with E-state index in [4.69, 9.17) is 4.74 Å². The topological polar surface area (TPSA) is 49.6 Å². The van der Waals surface area contributed by atoms with Gasteiger partial charge in [-0.25, -0.2) is 4.79 Å². The van der Waals surface area contributed by atoms with Crippen molar-refractivity contribution < 1.29 is 18.9 Å². The van der Waals surface area contributed by atoms with Gasteiger partial charge in [0.15, 0.2) is 5.92 Å². The maximum absolute atomic E-state index is 11.9. The quantitative estimate of drug-likeness (QED) is 0.696. The highest BCUT2D eigenvalue weighted by molar-refractivity contribution is 6.10. The monoisotopic (exact) mass is 237 g/mol. The molecule has 92 valence electrons. The minimum absolute atomic E-state index is 0.213. The number of urea groups is 1. The Morgan fingerprint density at radius 1 is 1.47 bits per heavy atom. The van der Waals surface area contributed by atoms with Crippen LogP contribution in [-0.4, -0.2) is 41.4 Å². The van der Waals surface area contributed by atoms with E-state index in [0.717, 1.165) is 29.9 Å². The Labute approximate surface area is 100 Å². The maximum Gasteiger partial charge on any atom is 0.502 e. The molecule has 2 rings (SSSR count). The van der Waals surface area contributed by atoms with Gasteiger partial charge in [0, 0.05) is 6.42 Å². The Balaban J connectivity index is 2.27. The van der Waals surface area contributed by atoms with E-state index in [1.165, 1.54) is 11.6 Å². The fourth-order valence-electron chi connectivity index (χ4n) is 2.05. The molecule has 1 unspecified atom stereocenters. The molecule has 0 aromatic rings. The molecule has 0 spiro atoms. The molecular formula is C12H17N2O3+. The zero-order valence-corrected chi connectivity index (χ0v) is 10.4. The lowest BCUT2D eigenvalue weighted by Gasteiger charge is -2.18. The fraction of sp³-hybridized carbons (Fsp3) is 0.583. The van der Waals surface area contributed by atoms with Crippen LogP contribution in [0.1, 0.15) is 26.2 Å². The summed E-state index contributed by atoms with van der Waals surface area (Å²) in [5.74, 6) is 0.614. The Hall–Kier alpha value is -1.65. The molecule has 0 aromatic heterocycles. The van der Waals surface area contributed by atoms with Crippen LogP contribution in [0.5, 0.6) is 0 Å². The van der Waals surface area contributed by atoms with Gasteiger partial charge in [-0.05, 0) is 12.5 Å². The minimum Gasteiger partial charge on any atom is -0.430 e. The van der Waals surface area contributed by atoms with Gasteiger partial charge in [0.2, 0.25) is 0 Å². The first kappa shape index (κ1) is 11.8. The summed E-state index contributed by atoms with van der Waals surface area (Å²) in [5, 5.41) is 0. The van der Waals surface area contributed by atoms with Gasteiger partial charge in [-0.3, -0.25) is 0 Å². The number of unbranched alkanes of at least 4 members (excludes halogenated alkanes) is 1.